The van der Waals surface area contributed by atoms with Gasteiger partial charge in [0.15, 0.2) is 0 Å². The first kappa shape index (κ1) is 13.4. The molecule has 1 saturated heterocycles. The van der Waals surface area contributed by atoms with E-state index in [-0.39, 0.29) is 0 Å². The second-order valence-corrected chi connectivity index (χ2v) is 6.47. The predicted molar refractivity (Wildman–Crippen MR) is 73.9 cm³/mol. The molecule has 2 nitrogen and oxygen atoms in total. The van der Waals surface area contributed by atoms with E-state index in [9.17, 15) is 0 Å². The molecule has 0 aromatic carbocycles. The molecule has 1 aliphatic heterocycles. The van der Waals surface area contributed by atoms with Crippen molar-refractivity contribution in [2.45, 2.75) is 58.4 Å². The van der Waals surface area contributed by atoms with Crippen LogP contribution in [0.3, 0.4) is 0 Å². The molecule has 2 unspecified atom stereocenters. The summed E-state index contributed by atoms with van der Waals surface area (Å²) in [6.45, 7) is 8.30. The SMILES string of the molecule is CC(C)C1CCN(C2CCCCC2CN)CC1. The topological polar surface area (TPSA) is 29.3 Å². The van der Waals surface area contributed by atoms with Crippen LogP contribution in [-0.2, 0) is 0 Å². The van der Waals surface area contributed by atoms with Gasteiger partial charge in [-0.05, 0) is 63.1 Å². The third kappa shape index (κ3) is 3.23. The molecule has 0 radical (unpaired) electrons. The van der Waals surface area contributed by atoms with Gasteiger partial charge in [0, 0.05) is 6.04 Å². The summed E-state index contributed by atoms with van der Waals surface area (Å²) in [5.41, 5.74) is 5.95. The molecule has 100 valence electrons. The third-order valence-corrected chi connectivity index (χ3v) is 5.16. The van der Waals surface area contributed by atoms with Gasteiger partial charge in [-0.15, -0.1) is 0 Å². The minimum absolute atomic E-state index is 0.777. The van der Waals surface area contributed by atoms with Crippen molar-refractivity contribution in [3.05, 3.63) is 0 Å². The average molecular weight is 238 g/mol. The highest BCUT2D eigenvalue weighted by molar-refractivity contribution is 4.86. The Kier molecular flexibility index (Phi) is 4.87. The van der Waals surface area contributed by atoms with Gasteiger partial charge in [-0.3, -0.25) is 0 Å². The predicted octanol–water partition coefficient (Wildman–Crippen LogP) is 2.87. The van der Waals surface area contributed by atoms with Crippen LogP contribution in [0.1, 0.15) is 52.4 Å². The molecule has 1 aliphatic carbocycles. The second kappa shape index (κ2) is 6.19. The van der Waals surface area contributed by atoms with Crippen molar-refractivity contribution in [1.82, 2.24) is 4.90 Å². The number of piperidine rings is 1. The zero-order valence-corrected chi connectivity index (χ0v) is 11.7. The minimum atomic E-state index is 0.777. The molecule has 2 fully saturated rings. The minimum Gasteiger partial charge on any atom is -0.330 e. The first-order valence-electron chi connectivity index (χ1n) is 7.66. The molecule has 2 N–H and O–H groups in total. The highest BCUT2D eigenvalue weighted by Crippen LogP contribution is 2.32. The largest absolute Gasteiger partial charge is 0.330 e. The fourth-order valence-corrected chi connectivity index (χ4v) is 3.86. The Hall–Kier alpha value is -0.0800. The zero-order valence-electron chi connectivity index (χ0n) is 11.7. The van der Waals surface area contributed by atoms with Gasteiger partial charge in [-0.2, -0.15) is 0 Å². The van der Waals surface area contributed by atoms with Gasteiger partial charge < -0.3 is 10.6 Å². The molecule has 2 heteroatoms. The standard InChI is InChI=1S/C15H30N2/c1-12(2)13-7-9-17(10-8-13)15-6-4-3-5-14(15)11-16/h12-15H,3-11,16H2,1-2H3. The summed E-state index contributed by atoms with van der Waals surface area (Å²) in [4.78, 5) is 2.76. The van der Waals surface area contributed by atoms with E-state index in [4.69, 9.17) is 5.73 Å². The van der Waals surface area contributed by atoms with Gasteiger partial charge in [0.25, 0.3) is 0 Å². The second-order valence-electron chi connectivity index (χ2n) is 6.47. The summed E-state index contributed by atoms with van der Waals surface area (Å²) in [6, 6.07) is 0.807. The van der Waals surface area contributed by atoms with Crippen molar-refractivity contribution >= 4 is 0 Å². The third-order valence-electron chi connectivity index (χ3n) is 5.16. The van der Waals surface area contributed by atoms with E-state index < -0.39 is 0 Å². The molecular weight excluding hydrogens is 208 g/mol. The molecule has 0 spiro atoms. The Balaban J connectivity index is 1.86. The van der Waals surface area contributed by atoms with Crippen LogP contribution < -0.4 is 5.73 Å². The number of rotatable bonds is 3. The molecule has 2 aliphatic rings. The van der Waals surface area contributed by atoms with Crippen LogP contribution in [0.2, 0.25) is 0 Å². The van der Waals surface area contributed by atoms with Crippen LogP contribution in [0.25, 0.3) is 0 Å². The molecule has 1 saturated carbocycles. The molecule has 0 bridgehead atoms. The number of likely N-dealkylation sites (tertiary alicyclic amines) is 1. The van der Waals surface area contributed by atoms with E-state index in [1.165, 1.54) is 51.6 Å². The van der Waals surface area contributed by atoms with Gasteiger partial charge in [0.05, 0.1) is 0 Å². The Morgan fingerprint density at radius 2 is 1.71 bits per heavy atom. The number of nitrogens with zero attached hydrogens (tertiary/aromatic N) is 1. The molecular formula is C15H30N2. The summed E-state index contributed by atoms with van der Waals surface area (Å²) < 4.78 is 0. The average Bonchev–Trinajstić information content (AvgIpc) is 2.39. The molecule has 17 heavy (non-hydrogen) atoms. The molecule has 0 aromatic rings. The lowest BCUT2D eigenvalue weighted by atomic mass is 9.80. The fourth-order valence-electron chi connectivity index (χ4n) is 3.86. The Morgan fingerprint density at radius 1 is 1.06 bits per heavy atom. The van der Waals surface area contributed by atoms with E-state index in [2.05, 4.69) is 18.7 Å². The van der Waals surface area contributed by atoms with Crippen LogP contribution in [0.15, 0.2) is 0 Å². The fraction of sp³-hybridized carbons (Fsp3) is 1.00. The van der Waals surface area contributed by atoms with Crippen molar-refractivity contribution < 1.29 is 0 Å². The van der Waals surface area contributed by atoms with Crippen molar-refractivity contribution in [3.8, 4) is 0 Å². The smallest absolute Gasteiger partial charge is 0.0136 e. The summed E-state index contributed by atoms with van der Waals surface area (Å²) in [7, 11) is 0. The molecule has 2 rings (SSSR count). The molecule has 0 amide bonds. The van der Waals surface area contributed by atoms with E-state index in [0.717, 1.165) is 30.3 Å². The summed E-state index contributed by atoms with van der Waals surface area (Å²) in [5, 5.41) is 0. The highest BCUT2D eigenvalue weighted by Gasteiger charge is 2.32. The summed E-state index contributed by atoms with van der Waals surface area (Å²) in [6.07, 6.45) is 8.41. The normalized spacial score (nSPS) is 33.2. The first-order valence-corrected chi connectivity index (χ1v) is 7.66. The van der Waals surface area contributed by atoms with Crippen LogP contribution in [-0.4, -0.2) is 30.6 Å². The van der Waals surface area contributed by atoms with Crippen molar-refractivity contribution in [2.24, 2.45) is 23.5 Å². The van der Waals surface area contributed by atoms with Crippen LogP contribution >= 0.6 is 0 Å². The molecule has 0 aromatic heterocycles. The molecule has 2 atom stereocenters. The van der Waals surface area contributed by atoms with Gasteiger partial charge >= 0.3 is 0 Å². The molecule has 1 heterocycles. The van der Waals surface area contributed by atoms with Gasteiger partial charge in [0.1, 0.15) is 0 Å². The van der Waals surface area contributed by atoms with Crippen molar-refractivity contribution in [2.75, 3.05) is 19.6 Å². The lowest BCUT2D eigenvalue weighted by Gasteiger charge is -2.43. The van der Waals surface area contributed by atoms with Gasteiger partial charge in [-0.1, -0.05) is 26.7 Å². The summed E-state index contributed by atoms with van der Waals surface area (Å²) >= 11 is 0. The van der Waals surface area contributed by atoms with Crippen molar-refractivity contribution in [1.29, 1.82) is 0 Å². The van der Waals surface area contributed by atoms with Crippen LogP contribution in [0.5, 0.6) is 0 Å². The van der Waals surface area contributed by atoms with Gasteiger partial charge in [-0.25, -0.2) is 0 Å². The maximum absolute atomic E-state index is 5.95. The van der Waals surface area contributed by atoms with Gasteiger partial charge in [0.2, 0.25) is 0 Å². The lowest BCUT2D eigenvalue weighted by molar-refractivity contribution is 0.0620. The Morgan fingerprint density at radius 3 is 2.29 bits per heavy atom. The van der Waals surface area contributed by atoms with Crippen LogP contribution in [0, 0.1) is 17.8 Å². The van der Waals surface area contributed by atoms with Crippen molar-refractivity contribution in [3.63, 3.8) is 0 Å². The lowest BCUT2D eigenvalue weighted by Crippen LogP contribution is -2.48. The number of hydrogen-bond acceptors (Lipinski definition) is 2. The van der Waals surface area contributed by atoms with Crippen LogP contribution in [0.4, 0.5) is 0 Å². The monoisotopic (exact) mass is 238 g/mol. The maximum Gasteiger partial charge on any atom is 0.0136 e. The highest BCUT2D eigenvalue weighted by atomic mass is 15.2. The quantitative estimate of drug-likeness (QED) is 0.819. The summed E-state index contributed by atoms with van der Waals surface area (Å²) in [5.74, 6) is 2.61. The zero-order chi connectivity index (χ0) is 12.3. The first-order chi connectivity index (χ1) is 8.22. The van der Waals surface area contributed by atoms with E-state index >= 15 is 0 Å². The Labute approximate surface area is 107 Å². The number of nitrogens with two attached hydrogens (primary N) is 1. The number of hydrogen-bond donors (Lipinski definition) is 1. The Bertz CT molecular complexity index is 219. The van der Waals surface area contributed by atoms with E-state index in [1.807, 2.05) is 0 Å². The van der Waals surface area contributed by atoms with E-state index in [1.54, 1.807) is 0 Å². The maximum atomic E-state index is 5.95. The van der Waals surface area contributed by atoms with E-state index in [0.29, 0.717) is 0 Å².